The number of carbonyl (C=O) groups is 1. The van der Waals surface area contributed by atoms with Crippen LogP contribution < -0.4 is 11.1 Å². The maximum absolute atomic E-state index is 11.9. The molecule has 0 radical (unpaired) electrons. The molecule has 1 amide bonds. The van der Waals surface area contributed by atoms with Crippen LogP contribution >= 0.6 is 11.6 Å². The Balaban J connectivity index is 1.99. The van der Waals surface area contributed by atoms with Gasteiger partial charge in [-0.15, -0.1) is 0 Å². The molecule has 1 aliphatic rings. The van der Waals surface area contributed by atoms with Gasteiger partial charge >= 0.3 is 0 Å². The zero-order chi connectivity index (χ0) is 13.2. The number of nitrogens with two attached hydrogens (primary N) is 1. The molecule has 1 unspecified atom stereocenters. The lowest BCUT2D eigenvalue weighted by atomic mass is 10.0. The van der Waals surface area contributed by atoms with Crippen LogP contribution in [0.1, 0.15) is 16.8 Å². The smallest absolute Gasteiger partial charge is 0.251 e. The van der Waals surface area contributed by atoms with E-state index in [1.54, 1.807) is 6.07 Å². The minimum Gasteiger partial charge on any atom is -0.399 e. The maximum Gasteiger partial charge on any atom is 0.251 e. The SMILES string of the molecule is Nc1cc(Cl)cc(C(=O)NCC2(O)CCOC2)c1. The van der Waals surface area contributed by atoms with E-state index in [1.165, 1.54) is 12.1 Å². The first kappa shape index (κ1) is 13.1. The Morgan fingerprint density at radius 2 is 2.33 bits per heavy atom. The molecule has 0 spiro atoms. The van der Waals surface area contributed by atoms with Gasteiger partial charge in [-0.3, -0.25) is 4.79 Å². The molecule has 1 saturated heterocycles. The lowest BCUT2D eigenvalue weighted by Crippen LogP contribution is -2.43. The normalized spacial score (nSPS) is 23.0. The van der Waals surface area contributed by atoms with Gasteiger partial charge in [0.2, 0.25) is 0 Å². The number of hydrogen-bond donors (Lipinski definition) is 3. The molecule has 1 aromatic carbocycles. The minimum atomic E-state index is -0.972. The summed E-state index contributed by atoms with van der Waals surface area (Å²) in [6, 6.07) is 4.63. The average molecular weight is 271 g/mol. The van der Waals surface area contributed by atoms with Crippen molar-refractivity contribution in [2.75, 3.05) is 25.5 Å². The number of aliphatic hydroxyl groups is 1. The highest BCUT2D eigenvalue weighted by atomic mass is 35.5. The predicted octanol–water partition coefficient (Wildman–Crippen LogP) is 0.803. The van der Waals surface area contributed by atoms with Crippen molar-refractivity contribution in [2.45, 2.75) is 12.0 Å². The van der Waals surface area contributed by atoms with Gasteiger partial charge in [0.15, 0.2) is 0 Å². The third-order valence-electron chi connectivity index (χ3n) is 2.84. The molecule has 0 saturated carbocycles. The Kier molecular flexibility index (Phi) is 3.75. The van der Waals surface area contributed by atoms with Crippen LogP contribution in [0.15, 0.2) is 18.2 Å². The Bertz CT molecular complexity index is 438. The summed E-state index contributed by atoms with van der Waals surface area (Å²) >= 11 is 5.82. The Hall–Kier alpha value is -1.30. The van der Waals surface area contributed by atoms with Crippen molar-refractivity contribution in [1.82, 2.24) is 5.32 Å². The number of hydrogen-bond acceptors (Lipinski definition) is 4. The molecule has 1 aromatic rings. The molecule has 5 nitrogen and oxygen atoms in total. The highest BCUT2D eigenvalue weighted by Gasteiger charge is 2.32. The maximum atomic E-state index is 11.9. The van der Waals surface area contributed by atoms with E-state index in [2.05, 4.69) is 5.32 Å². The van der Waals surface area contributed by atoms with Crippen LogP contribution in [-0.2, 0) is 4.74 Å². The number of benzene rings is 1. The largest absolute Gasteiger partial charge is 0.399 e. The molecule has 2 rings (SSSR count). The van der Waals surface area contributed by atoms with Gasteiger partial charge in [-0.05, 0) is 18.2 Å². The second kappa shape index (κ2) is 5.14. The molecule has 1 heterocycles. The summed E-state index contributed by atoms with van der Waals surface area (Å²) in [6.07, 6.45) is 0.519. The fourth-order valence-electron chi connectivity index (χ4n) is 1.83. The topological polar surface area (TPSA) is 84.6 Å². The van der Waals surface area contributed by atoms with Gasteiger partial charge < -0.3 is 20.9 Å². The lowest BCUT2D eigenvalue weighted by molar-refractivity contribution is 0.0264. The number of rotatable bonds is 3. The first-order valence-electron chi connectivity index (χ1n) is 5.63. The fourth-order valence-corrected chi connectivity index (χ4v) is 2.07. The first-order chi connectivity index (χ1) is 8.48. The molecule has 0 bridgehead atoms. The number of amides is 1. The van der Waals surface area contributed by atoms with Crippen molar-refractivity contribution in [1.29, 1.82) is 0 Å². The van der Waals surface area contributed by atoms with Crippen molar-refractivity contribution in [2.24, 2.45) is 0 Å². The standard InChI is InChI=1S/C12H15ClN2O3/c13-9-3-8(4-10(14)5-9)11(16)15-6-12(17)1-2-18-7-12/h3-5,17H,1-2,6-7,14H2,(H,15,16). The van der Waals surface area contributed by atoms with Crippen molar-refractivity contribution in [3.63, 3.8) is 0 Å². The molecule has 1 fully saturated rings. The molecule has 6 heteroatoms. The number of halogens is 1. The van der Waals surface area contributed by atoms with E-state index in [0.29, 0.717) is 29.3 Å². The lowest BCUT2D eigenvalue weighted by Gasteiger charge is -2.20. The molecule has 18 heavy (non-hydrogen) atoms. The van der Waals surface area contributed by atoms with E-state index in [4.69, 9.17) is 22.1 Å². The van der Waals surface area contributed by atoms with Gasteiger partial charge in [-0.25, -0.2) is 0 Å². The highest BCUT2D eigenvalue weighted by Crippen LogP contribution is 2.19. The van der Waals surface area contributed by atoms with Crippen molar-refractivity contribution < 1.29 is 14.6 Å². The van der Waals surface area contributed by atoms with E-state index in [1.807, 2.05) is 0 Å². The van der Waals surface area contributed by atoms with Crippen LogP contribution in [0.2, 0.25) is 5.02 Å². The number of anilines is 1. The van der Waals surface area contributed by atoms with Crippen LogP contribution in [0, 0.1) is 0 Å². The Morgan fingerprint density at radius 1 is 1.56 bits per heavy atom. The highest BCUT2D eigenvalue weighted by molar-refractivity contribution is 6.31. The van der Waals surface area contributed by atoms with Gasteiger partial charge in [-0.1, -0.05) is 11.6 Å². The van der Waals surface area contributed by atoms with E-state index in [9.17, 15) is 9.90 Å². The molecular formula is C12H15ClN2O3. The summed E-state index contributed by atoms with van der Waals surface area (Å²) in [6.45, 7) is 0.902. The summed E-state index contributed by atoms with van der Waals surface area (Å²) < 4.78 is 5.09. The predicted molar refractivity (Wildman–Crippen MR) is 68.6 cm³/mol. The van der Waals surface area contributed by atoms with E-state index in [-0.39, 0.29) is 19.1 Å². The van der Waals surface area contributed by atoms with Gasteiger partial charge in [0, 0.05) is 35.8 Å². The molecule has 4 N–H and O–H groups in total. The van der Waals surface area contributed by atoms with Gasteiger partial charge in [0.25, 0.3) is 5.91 Å². The zero-order valence-corrected chi connectivity index (χ0v) is 10.5. The summed E-state index contributed by atoms with van der Waals surface area (Å²) in [7, 11) is 0. The summed E-state index contributed by atoms with van der Waals surface area (Å²) in [5, 5.41) is 13.1. The van der Waals surface area contributed by atoms with Crippen LogP contribution in [0.25, 0.3) is 0 Å². The fraction of sp³-hybridized carbons (Fsp3) is 0.417. The van der Waals surface area contributed by atoms with Crippen molar-refractivity contribution in [3.05, 3.63) is 28.8 Å². The van der Waals surface area contributed by atoms with Crippen LogP contribution in [0.5, 0.6) is 0 Å². The van der Waals surface area contributed by atoms with E-state index >= 15 is 0 Å². The number of nitrogens with one attached hydrogen (secondary N) is 1. The molecule has 0 aromatic heterocycles. The van der Waals surface area contributed by atoms with Crippen LogP contribution in [0.4, 0.5) is 5.69 Å². The third-order valence-corrected chi connectivity index (χ3v) is 3.06. The number of ether oxygens (including phenoxy) is 1. The van der Waals surface area contributed by atoms with Crippen molar-refractivity contribution in [3.8, 4) is 0 Å². The summed E-state index contributed by atoms with van der Waals surface area (Å²) in [5.41, 5.74) is 5.44. The van der Waals surface area contributed by atoms with Crippen LogP contribution in [0.3, 0.4) is 0 Å². The van der Waals surface area contributed by atoms with Crippen LogP contribution in [-0.4, -0.2) is 36.4 Å². The minimum absolute atomic E-state index is 0.151. The van der Waals surface area contributed by atoms with E-state index < -0.39 is 5.60 Å². The van der Waals surface area contributed by atoms with Crippen molar-refractivity contribution >= 4 is 23.2 Å². The van der Waals surface area contributed by atoms with Gasteiger partial charge in [-0.2, -0.15) is 0 Å². The molecule has 0 aliphatic carbocycles. The molecule has 1 aliphatic heterocycles. The first-order valence-corrected chi connectivity index (χ1v) is 6.01. The number of carbonyl (C=O) groups excluding carboxylic acids is 1. The summed E-state index contributed by atoms with van der Waals surface area (Å²) in [5.74, 6) is -0.315. The van der Waals surface area contributed by atoms with Gasteiger partial charge in [0.1, 0.15) is 5.60 Å². The molecule has 1 atom stereocenters. The van der Waals surface area contributed by atoms with E-state index in [0.717, 1.165) is 0 Å². The average Bonchev–Trinajstić information content (AvgIpc) is 2.72. The monoisotopic (exact) mass is 270 g/mol. The number of nitrogen functional groups attached to an aromatic ring is 1. The zero-order valence-electron chi connectivity index (χ0n) is 9.78. The quantitative estimate of drug-likeness (QED) is 0.710. The second-order valence-electron chi connectivity index (χ2n) is 4.48. The Morgan fingerprint density at radius 3 is 2.94 bits per heavy atom. The molecular weight excluding hydrogens is 256 g/mol. The molecule has 98 valence electrons. The third kappa shape index (κ3) is 3.13. The Labute approximate surface area is 110 Å². The van der Waals surface area contributed by atoms with Gasteiger partial charge in [0.05, 0.1) is 6.61 Å². The summed E-state index contributed by atoms with van der Waals surface area (Å²) in [4.78, 5) is 11.9. The second-order valence-corrected chi connectivity index (χ2v) is 4.92.